The Morgan fingerprint density at radius 2 is 2.00 bits per heavy atom. The number of aryl methyl sites for hydroxylation is 1. The lowest BCUT2D eigenvalue weighted by molar-refractivity contribution is -0.187. The number of carbonyl (C=O) groups is 2. The normalized spacial score (nSPS) is 22.4. The molecular weight excluding hydrogens is 289 g/mol. The molecule has 2 heterocycles. The summed E-state index contributed by atoms with van der Waals surface area (Å²) in [5.41, 5.74) is 0.817. The number of carboxylic acids is 1. The highest BCUT2D eigenvalue weighted by Gasteiger charge is 2.53. The predicted molar refractivity (Wildman–Crippen MR) is 65.5 cm³/mol. The topological polar surface area (TPSA) is 70.5 Å². The number of pyridine rings is 1. The van der Waals surface area contributed by atoms with Gasteiger partial charge in [0.15, 0.2) is 0 Å². The molecule has 114 valence electrons. The summed E-state index contributed by atoms with van der Waals surface area (Å²) in [4.78, 5) is 27.9. The summed E-state index contributed by atoms with van der Waals surface area (Å²) in [6.07, 6.45) is -3.38. The number of likely N-dealkylation sites (tertiary alicyclic amines) is 1. The molecule has 1 N–H and O–H groups in total. The number of carboxylic acid groups (broad SMARTS) is 1. The second-order valence-corrected chi connectivity index (χ2v) is 4.99. The zero-order chi connectivity index (χ0) is 15.8. The Balaban J connectivity index is 2.20. The first-order valence-corrected chi connectivity index (χ1v) is 6.21. The molecule has 0 aliphatic carbocycles. The maximum atomic E-state index is 12.8. The zero-order valence-corrected chi connectivity index (χ0v) is 11.1. The first-order chi connectivity index (χ1) is 9.70. The minimum Gasteiger partial charge on any atom is -0.481 e. The highest BCUT2D eigenvalue weighted by atomic mass is 19.4. The van der Waals surface area contributed by atoms with Gasteiger partial charge in [0.2, 0.25) is 0 Å². The lowest BCUT2D eigenvalue weighted by Gasteiger charge is -2.18. The number of amides is 1. The van der Waals surface area contributed by atoms with Gasteiger partial charge >= 0.3 is 12.1 Å². The molecule has 21 heavy (non-hydrogen) atoms. The van der Waals surface area contributed by atoms with Crippen molar-refractivity contribution in [3.05, 3.63) is 29.6 Å². The fourth-order valence-electron chi connectivity index (χ4n) is 2.33. The van der Waals surface area contributed by atoms with Crippen molar-refractivity contribution in [2.45, 2.75) is 13.1 Å². The van der Waals surface area contributed by atoms with Crippen LogP contribution in [-0.2, 0) is 4.79 Å². The van der Waals surface area contributed by atoms with Crippen LogP contribution in [0.3, 0.4) is 0 Å². The number of rotatable bonds is 2. The van der Waals surface area contributed by atoms with E-state index in [1.807, 2.05) is 0 Å². The minimum atomic E-state index is -4.65. The Morgan fingerprint density at radius 3 is 2.43 bits per heavy atom. The van der Waals surface area contributed by atoms with Crippen LogP contribution in [0.2, 0.25) is 0 Å². The van der Waals surface area contributed by atoms with E-state index in [-0.39, 0.29) is 5.56 Å². The monoisotopic (exact) mass is 302 g/mol. The van der Waals surface area contributed by atoms with Gasteiger partial charge in [-0.05, 0) is 19.1 Å². The maximum Gasteiger partial charge on any atom is 0.394 e. The fourth-order valence-corrected chi connectivity index (χ4v) is 2.33. The molecule has 1 aliphatic rings. The van der Waals surface area contributed by atoms with E-state index in [2.05, 4.69) is 4.98 Å². The average molecular weight is 302 g/mol. The Bertz CT molecular complexity index is 557. The van der Waals surface area contributed by atoms with Gasteiger partial charge in [0.25, 0.3) is 5.91 Å². The number of halogens is 3. The van der Waals surface area contributed by atoms with Crippen LogP contribution in [0, 0.1) is 18.8 Å². The first kappa shape index (κ1) is 15.3. The van der Waals surface area contributed by atoms with Crippen molar-refractivity contribution in [1.82, 2.24) is 9.88 Å². The van der Waals surface area contributed by atoms with E-state index in [1.54, 1.807) is 13.0 Å². The first-order valence-electron chi connectivity index (χ1n) is 6.21. The summed E-state index contributed by atoms with van der Waals surface area (Å²) in [7, 11) is 0. The zero-order valence-electron chi connectivity index (χ0n) is 11.1. The fraction of sp³-hybridized carbons (Fsp3) is 0.462. The van der Waals surface area contributed by atoms with E-state index in [1.165, 1.54) is 12.3 Å². The van der Waals surface area contributed by atoms with Crippen molar-refractivity contribution < 1.29 is 27.9 Å². The molecule has 2 rings (SSSR count). The van der Waals surface area contributed by atoms with Gasteiger partial charge in [0, 0.05) is 25.0 Å². The number of aromatic nitrogens is 1. The Morgan fingerprint density at radius 1 is 1.33 bits per heavy atom. The highest BCUT2D eigenvalue weighted by molar-refractivity contribution is 5.94. The Kier molecular flexibility index (Phi) is 3.89. The smallest absolute Gasteiger partial charge is 0.394 e. The van der Waals surface area contributed by atoms with Gasteiger partial charge < -0.3 is 10.0 Å². The SMILES string of the molecule is Cc1ccc(C(=O)N2C[C@@H](C(F)(F)F)[C@H](C(=O)O)C2)cn1. The van der Waals surface area contributed by atoms with Crippen LogP contribution in [0.25, 0.3) is 0 Å². The van der Waals surface area contributed by atoms with Crippen LogP contribution in [0.15, 0.2) is 18.3 Å². The number of alkyl halides is 3. The van der Waals surface area contributed by atoms with Crippen molar-refractivity contribution >= 4 is 11.9 Å². The molecule has 0 saturated carbocycles. The lowest BCUT2D eigenvalue weighted by atomic mass is 9.96. The Hall–Kier alpha value is -2.12. The van der Waals surface area contributed by atoms with E-state index in [9.17, 15) is 22.8 Å². The number of aliphatic carboxylic acids is 1. The standard InChI is InChI=1S/C13H13F3N2O3/c1-7-2-3-8(4-17-7)11(19)18-5-9(12(20)21)10(6-18)13(14,15)16/h2-4,9-10H,5-6H2,1H3,(H,20,21)/t9-,10-/m1/s1. The molecule has 1 aromatic heterocycles. The molecule has 0 unspecified atom stereocenters. The van der Waals surface area contributed by atoms with Crippen LogP contribution in [0.5, 0.6) is 0 Å². The minimum absolute atomic E-state index is 0.146. The molecule has 0 radical (unpaired) electrons. The summed E-state index contributed by atoms with van der Waals surface area (Å²) >= 11 is 0. The largest absolute Gasteiger partial charge is 0.481 e. The molecule has 5 nitrogen and oxygen atoms in total. The van der Waals surface area contributed by atoms with Gasteiger partial charge in [-0.15, -0.1) is 0 Å². The third-order valence-corrected chi connectivity index (χ3v) is 3.50. The third kappa shape index (κ3) is 3.14. The number of hydrogen-bond donors (Lipinski definition) is 1. The second kappa shape index (κ2) is 5.34. The molecule has 0 spiro atoms. The second-order valence-electron chi connectivity index (χ2n) is 4.99. The number of hydrogen-bond acceptors (Lipinski definition) is 3. The number of carbonyl (C=O) groups excluding carboxylic acids is 1. The van der Waals surface area contributed by atoms with E-state index in [0.29, 0.717) is 5.69 Å². The summed E-state index contributed by atoms with van der Waals surface area (Å²) in [5, 5.41) is 8.90. The van der Waals surface area contributed by atoms with Crippen molar-refractivity contribution in [3.63, 3.8) is 0 Å². The molecular formula is C13H13F3N2O3. The molecule has 0 aromatic carbocycles. The van der Waals surface area contributed by atoms with Crippen molar-refractivity contribution in [2.24, 2.45) is 11.8 Å². The van der Waals surface area contributed by atoms with E-state index in [4.69, 9.17) is 5.11 Å². The Labute approximate surface area is 118 Å². The average Bonchev–Trinajstić information content (AvgIpc) is 2.84. The molecule has 1 fully saturated rings. The third-order valence-electron chi connectivity index (χ3n) is 3.50. The van der Waals surface area contributed by atoms with Gasteiger partial charge in [0.05, 0.1) is 17.4 Å². The van der Waals surface area contributed by atoms with E-state index < -0.39 is 43.0 Å². The van der Waals surface area contributed by atoms with Crippen LogP contribution in [-0.4, -0.2) is 46.1 Å². The molecule has 1 saturated heterocycles. The van der Waals surface area contributed by atoms with Crippen LogP contribution in [0.4, 0.5) is 13.2 Å². The number of nitrogens with zero attached hydrogens (tertiary/aromatic N) is 2. The molecule has 2 atom stereocenters. The van der Waals surface area contributed by atoms with Gasteiger partial charge in [-0.2, -0.15) is 13.2 Å². The van der Waals surface area contributed by atoms with Gasteiger partial charge in [-0.25, -0.2) is 0 Å². The maximum absolute atomic E-state index is 12.8. The summed E-state index contributed by atoms with van der Waals surface area (Å²) < 4.78 is 38.5. The van der Waals surface area contributed by atoms with Crippen LogP contribution < -0.4 is 0 Å². The van der Waals surface area contributed by atoms with Crippen molar-refractivity contribution in [1.29, 1.82) is 0 Å². The molecule has 8 heteroatoms. The van der Waals surface area contributed by atoms with E-state index in [0.717, 1.165) is 4.90 Å². The summed E-state index contributed by atoms with van der Waals surface area (Å²) in [5.74, 6) is -5.86. The highest BCUT2D eigenvalue weighted by Crippen LogP contribution is 2.38. The van der Waals surface area contributed by atoms with Gasteiger partial charge in [-0.1, -0.05) is 0 Å². The molecule has 1 amide bonds. The van der Waals surface area contributed by atoms with Gasteiger partial charge in [0.1, 0.15) is 0 Å². The van der Waals surface area contributed by atoms with Crippen LogP contribution in [0.1, 0.15) is 16.1 Å². The lowest BCUT2D eigenvalue weighted by Crippen LogP contribution is -2.34. The summed E-state index contributed by atoms with van der Waals surface area (Å²) in [6.45, 7) is 0.615. The van der Waals surface area contributed by atoms with Crippen LogP contribution >= 0.6 is 0 Å². The summed E-state index contributed by atoms with van der Waals surface area (Å²) in [6, 6.07) is 3.03. The van der Waals surface area contributed by atoms with Gasteiger partial charge in [-0.3, -0.25) is 14.6 Å². The molecule has 1 aliphatic heterocycles. The van der Waals surface area contributed by atoms with E-state index >= 15 is 0 Å². The predicted octanol–water partition coefficient (Wildman–Crippen LogP) is 1.73. The van der Waals surface area contributed by atoms with Crippen molar-refractivity contribution in [3.8, 4) is 0 Å². The molecule has 1 aromatic rings. The van der Waals surface area contributed by atoms with Crippen molar-refractivity contribution in [2.75, 3.05) is 13.1 Å². The molecule has 0 bridgehead atoms. The quantitative estimate of drug-likeness (QED) is 0.903.